The van der Waals surface area contributed by atoms with Crippen molar-refractivity contribution in [1.82, 2.24) is 0 Å². The lowest BCUT2D eigenvalue weighted by atomic mass is 9.81. The number of benzene rings is 7. The summed E-state index contributed by atoms with van der Waals surface area (Å²) in [6.45, 7) is 36.5. The van der Waals surface area contributed by atoms with Gasteiger partial charge in [0.1, 0.15) is 35.9 Å². The monoisotopic (exact) mass is 1180 g/mol. The summed E-state index contributed by atoms with van der Waals surface area (Å²) in [6, 6.07) is 59.0. The van der Waals surface area contributed by atoms with Crippen LogP contribution in [0.15, 0.2) is 164 Å². The Bertz CT molecular complexity index is 3070. The zero-order valence-electron chi connectivity index (χ0n) is 50.3. The molecule has 11 heteroatoms. The van der Waals surface area contributed by atoms with Crippen LogP contribution in [0.5, 0.6) is 11.5 Å². The Labute approximate surface area is 499 Å². The molecule has 0 spiro atoms. The molecule has 7 nitrogen and oxygen atoms in total. The fourth-order valence-electron chi connectivity index (χ4n) is 12.1. The van der Waals surface area contributed by atoms with E-state index in [1.807, 2.05) is 0 Å². The highest BCUT2D eigenvalue weighted by atomic mass is 31.2. The molecule has 2 aliphatic rings. The molecular formula is C71H94O7P2Si2. The Morgan fingerprint density at radius 1 is 0.476 bits per heavy atom. The maximum atomic E-state index is 7.88. The molecule has 0 saturated carbocycles. The Morgan fingerprint density at radius 3 is 1.21 bits per heavy atom. The summed E-state index contributed by atoms with van der Waals surface area (Å²) in [5.41, 5.74) is 8.66. The summed E-state index contributed by atoms with van der Waals surface area (Å²) >= 11 is 0. The first-order valence-electron chi connectivity index (χ1n) is 28.6. The number of hydrogen-bond acceptors (Lipinski definition) is 7. The molecule has 1 fully saturated rings. The van der Waals surface area contributed by atoms with E-state index < -0.39 is 49.7 Å². The molecule has 7 aromatic carbocycles. The van der Waals surface area contributed by atoms with Gasteiger partial charge in [-0.15, -0.1) is 0 Å². The Balaban J connectivity index is 0.00000484. The molecule has 438 valence electrons. The third kappa shape index (κ3) is 13.5. The van der Waals surface area contributed by atoms with Gasteiger partial charge >= 0.3 is 8.60 Å². The van der Waals surface area contributed by atoms with Gasteiger partial charge in [-0.1, -0.05) is 278 Å². The van der Waals surface area contributed by atoms with Gasteiger partial charge in [0, 0.05) is 31.7 Å². The van der Waals surface area contributed by atoms with Crippen LogP contribution in [0, 0.1) is 27.7 Å². The van der Waals surface area contributed by atoms with Crippen molar-refractivity contribution in [2.45, 2.75) is 177 Å². The van der Waals surface area contributed by atoms with Gasteiger partial charge in [0.05, 0.1) is 13.2 Å². The van der Waals surface area contributed by atoms with Crippen LogP contribution in [0.2, 0.25) is 10.1 Å². The first-order chi connectivity index (χ1) is 37.8. The van der Waals surface area contributed by atoms with Gasteiger partial charge in [0.15, 0.2) is 0 Å². The average molecular weight is 1180 g/mol. The summed E-state index contributed by atoms with van der Waals surface area (Å²) in [7, 11) is -8.43. The molecule has 1 unspecified atom stereocenters. The third-order valence-electron chi connectivity index (χ3n) is 16.0. The predicted molar refractivity (Wildman–Crippen MR) is 354 cm³/mol. The summed E-state index contributed by atoms with van der Waals surface area (Å²) in [6.07, 6.45) is -2.01. The van der Waals surface area contributed by atoms with Crippen LogP contribution in [0.3, 0.4) is 0 Å². The van der Waals surface area contributed by atoms with Crippen molar-refractivity contribution in [2.75, 3.05) is 13.2 Å². The van der Waals surface area contributed by atoms with Crippen molar-refractivity contribution >= 4 is 60.1 Å². The standard InChI is InChI=1S/C69H86O7P2Si2.2CH4/c1-47-37-38-61(50(4)39-47)77-73-64-59(45-70-79(68(11,12)13,53-29-21-17-22-30-53)54-31-23-18-24-32-54)72-60(46-71-80(69(14,15)16,55-33-25-19-26-34-55)56-35-27-20-28-36-56)65(64)76-78-74-62-51(40-48(2)42-57(62)66(5,6)7)44-52-41-49(3)43-58(63(52)75-78)67(8,9)10;;/h17-43,59-60,64-65,77H,44-46H2,1-16H3;2*1H4/t59-,60-,64-,65-;;/m1../s1. The SMILES string of the molecule is C.C.Cc1ccc(PO[C@H]2[C@H](OP3Oc4c(cc(C)cc4C(C)(C)C)Cc4cc(C)cc(C(C)(C)C)c4O3)[C@@H](CO[Si](c3ccccc3)(c3ccccc3)C(C)(C)C)O[C@@H]2CO[Si](c2ccccc2)(c2ccccc2)C(C)(C)C)c(C)c1. The second-order valence-corrected chi connectivity index (χ2v) is 37.0. The quantitative estimate of drug-likeness (QED) is 0.0749. The lowest BCUT2D eigenvalue weighted by molar-refractivity contribution is -0.0304. The van der Waals surface area contributed by atoms with E-state index in [1.165, 1.54) is 43.0 Å². The normalized spacial score (nSPS) is 18.1. The molecule has 1 saturated heterocycles. The molecule has 0 bridgehead atoms. The van der Waals surface area contributed by atoms with Crippen LogP contribution in [0.25, 0.3) is 0 Å². The maximum Gasteiger partial charge on any atom is 0.463 e. The third-order valence-corrected chi connectivity index (χ3v) is 28.3. The fraction of sp³-hybridized carbons (Fsp3) is 0.408. The highest BCUT2D eigenvalue weighted by Gasteiger charge is 2.56. The van der Waals surface area contributed by atoms with Crippen LogP contribution < -0.4 is 35.1 Å². The molecular weight excluding hydrogens is 1080 g/mol. The zero-order valence-corrected chi connectivity index (χ0v) is 54.2. The largest absolute Gasteiger partial charge is 0.463 e. The van der Waals surface area contributed by atoms with Gasteiger partial charge in [-0.05, 0) is 86.0 Å². The minimum Gasteiger partial charge on any atom is -0.417 e. The van der Waals surface area contributed by atoms with Crippen LogP contribution in [0.4, 0.5) is 0 Å². The van der Waals surface area contributed by atoms with Gasteiger partial charge < -0.3 is 27.2 Å². The smallest absolute Gasteiger partial charge is 0.417 e. The van der Waals surface area contributed by atoms with Crippen molar-refractivity contribution in [2.24, 2.45) is 0 Å². The molecule has 82 heavy (non-hydrogen) atoms. The molecule has 0 aliphatic carbocycles. The summed E-state index contributed by atoms with van der Waals surface area (Å²) in [5.74, 6) is 1.61. The highest BCUT2D eigenvalue weighted by molar-refractivity contribution is 7.42. The number of hydrogen-bond donors (Lipinski definition) is 0. The molecule has 2 heterocycles. The van der Waals surface area contributed by atoms with Gasteiger partial charge in [-0.3, -0.25) is 4.52 Å². The van der Waals surface area contributed by atoms with E-state index in [0.717, 1.165) is 39.1 Å². The lowest BCUT2D eigenvalue weighted by Crippen LogP contribution is -2.67. The van der Waals surface area contributed by atoms with Gasteiger partial charge in [0.2, 0.25) is 0 Å². The number of fused-ring (bicyclic) bond motifs is 2. The molecule has 0 radical (unpaired) electrons. The highest BCUT2D eigenvalue weighted by Crippen LogP contribution is 2.54. The molecule has 9 rings (SSSR count). The van der Waals surface area contributed by atoms with Crippen molar-refractivity contribution in [3.05, 3.63) is 208 Å². The zero-order chi connectivity index (χ0) is 57.4. The minimum atomic E-state index is -3.12. The maximum absolute atomic E-state index is 7.88. The van der Waals surface area contributed by atoms with Crippen LogP contribution >= 0.6 is 17.4 Å². The first kappa shape index (κ1) is 64.8. The second-order valence-electron chi connectivity index (χ2n) is 26.4. The lowest BCUT2D eigenvalue weighted by Gasteiger charge is -2.44. The fourth-order valence-corrected chi connectivity index (χ4v) is 23.5. The van der Waals surface area contributed by atoms with E-state index in [1.54, 1.807) is 0 Å². The van der Waals surface area contributed by atoms with E-state index in [0.29, 0.717) is 6.42 Å². The Kier molecular flexibility index (Phi) is 20.4. The molecule has 2 aliphatic heterocycles. The van der Waals surface area contributed by atoms with E-state index >= 15 is 0 Å². The summed E-state index contributed by atoms with van der Waals surface area (Å²) in [4.78, 5) is 0. The summed E-state index contributed by atoms with van der Waals surface area (Å²) in [5, 5.41) is 5.28. The minimum absolute atomic E-state index is 0. The molecule has 0 N–H and O–H groups in total. The average Bonchev–Trinajstić information content (AvgIpc) is 2.58. The van der Waals surface area contributed by atoms with Crippen molar-refractivity contribution < 1.29 is 31.7 Å². The molecule has 0 aromatic heterocycles. The van der Waals surface area contributed by atoms with Crippen LogP contribution in [-0.4, -0.2) is 54.3 Å². The number of aryl methyl sites for hydroxylation is 4. The molecule has 0 amide bonds. The van der Waals surface area contributed by atoms with E-state index in [2.05, 4.69) is 275 Å². The molecule has 5 atom stereocenters. The van der Waals surface area contributed by atoms with E-state index in [4.69, 9.17) is 31.7 Å². The Hall–Kier alpha value is -4.77. The molecule has 7 aromatic rings. The summed E-state index contributed by atoms with van der Waals surface area (Å²) < 4.78 is 53.6. The first-order valence-corrected chi connectivity index (χ1v) is 34.4. The van der Waals surface area contributed by atoms with Crippen molar-refractivity contribution in [3.63, 3.8) is 0 Å². The topological polar surface area (TPSA) is 64.6 Å². The number of rotatable bonds is 15. The van der Waals surface area contributed by atoms with Crippen LogP contribution in [-0.2, 0) is 39.9 Å². The van der Waals surface area contributed by atoms with Gasteiger partial charge in [-0.25, -0.2) is 0 Å². The van der Waals surface area contributed by atoms with Crippen molar-refractivity contribution in [3.8, 4) is 11.5 Å². The second kappa shape index (κ2) is 25.8. The predicted octanol–water partition coefficient (Wildman–Crippen LogP) is 16.0. The van der Waals surface area contributed by atoms with Gasteiger partial charge in [0.25, 0.3) is 16.6 Å². The van der Waals surface area contributed by atoms with Gasteiger partial charge in [-0.2, -0.15) is 0 Å². The van der Waals surface area contributed by atoms with Crippen LogP contribution in [0.1, 0.15) is 142 Å². The van der Waals surface area contributed by atoms with E-state index in [-0.39, 0.29) is 57.8 Å². The number of ether oxygens (including phenoxy) is 1. The van der Waals surface area contributed by atoms with Crippen molar-refractivity contribution in [1.29, 1.82) is 0 Å². The van der Waals surface area contributed by atoms with E-state index in [9.17, 15) is 0 Å². The Morgan fingerprint density at radius 2 is 0.854 bits per heavy atom.